The van der Waals surface area contributed by atoms with Gasteiger partial charge in [0.1, 0.15) is 0 Å². The van der Waals surface area contributed by atoms with E-state index in [1.807, 2.05) is 11.3 Å². The van der Waals surface area contributed by atoms with Crippen molar-refractivity contribution in [2.24, 2.45) is 17.8 Å². The van der Waals surface area contributed by atoms with Gasteiger partial charge in [-0.05, 0) is 79.4 Å². The van der Waals surface area contributed by atoms with Crippen molar-refractivity contribution in [2.75, 3.05) is 5.73 Å². The van der Waals surface area contributed by atoms with E-state index in [1.165, 1.54) is 64.3 Å². The van der Waals surface area contributed by atoms with E-state index in [0.717, 1.165) is 23.4 Å². The summed E-state index contributed by atoms with van der Waals surface area (Å²) < 4.78 is 2.89. The predicted octanol–water partition coefficient (Wildman–Crippen LogP) is 6.10. The zero-order valence-electron chi connectivity index (χ0n) is 13.9. The summed E-state index contributed by atoms with van der Waals surface area (Å²) in [5.41, 5.74) is 9.59. The molecule has 0 aliphatic heterocycles. The number of fused-ring (bicyclic) bond motifs is 3. The summed E-state index contributed by atoms with van der Waals surface area (Å²) in [6, 6.07) is 13.3. The average Bonchev–Trinajstić information content (AvgIpc) is 2.91. The van der Waals surface area contributed by atoms with Gasteiger partial charge in [-0.2, -0.15) is 0 Å². The van der Waals surface area contributed by atoms with Crippen LogP contribution in [0.5, 0.6) is 0 Å². The third-order valence-electron chi connectivity index (χ3n) is 7.15. The average molecular weight is 334 g/mol. The normalized spacial score (nSPS) is 34.4. The minimum Gasteiger partial charge on any atom is -0.398 e. The van der Waals surface area contributed by atoms with Crippen molar-refractivity contribution in [3.63, 3.8) is 0 Å². The van der Waals surface area contributed by atoms with Crippen LogP contribution in [-0.2, 0) is 5.41 Å². The van der Waals surface area contributed by atoms with Crippen LogP contribution in [-0.4, -0.2) is 0 Å². The molecular weight excluding hydrogens is 310 g/mol. The van der Waals surface area contributed by atoms with E-state index in [4.69, 9.17) is 5.73 Å². The van der Waals surface area contributed by atoms with E-state index in [0.29, 0.717) is 5.41 Å². The summed E-state index contributed by atoms with van der Waals surface area (Å²) in [5, 5.41) is 2.83. The molecule has 4 aliphatic carbocycles. The SMILES string of the molecule is Nc1ccc2c(sc3ccccc32)c1C12CC3CC(CC(C3)C1)C2. The van der Waals surface area contributed by atoms with Crippen LogP contribution >= 0.6 is 11.3 Å². The molecule has 7 rings (SSSR count). The summed E-state index contributed by atoms with van der Waals surface area (Å²) in [7, 11) is 0. The van der Waals surface area contributed by atoms with Crippen LogP contribution in [0.2, 0.25) is 0 Å². The second-order valence-corrected chi connectivity index (χ2v) is 9.75. The van der Waals surface area contributed by atoms with Gasteiger partial charge in [0.2, 0.25) is 0 Å². The number of nitrogen functional groups attached to an aromatic ring is 1. The van der Waals surface area contributed by atoms with Crippen molar-refractivity contribution < 1.29 is 0 Å². The van der Waals surface area contributed by atoms with Gasteiger partial charge >= 0.3 is 0 Å². The number of hydrogen-bond acceptors (Lipinski definition) is 2. The van der Waals surface area contributed by atoms with Crippen LogP contribution in [0, 0.1) is 17.8 Å². The Kier molecular flexibility index (Phi) is 2.60. The van der Waals surface area contributed by atoms with Crippen molar-refractivity contribution in [2.45, 2.75) is 43.9 Å². The van der Waals surface area contributed by atoms with Crippen LogP contribution in [0.3, 0.4) is 0 Å². The number of benzene rings is 2. The molecule has 0 saturated heterocycles. The summed E-state index contributed by atoms with van der Waals surface area (Å²) in [5.74, 6) is 2.88. The lowest BCUT2D eigenvalue weighted by molar-refractivity contribution is -0.00408. The molecule has 1 heterocycles. The Morgan fingerprint density at radius 1 is 0.833 bits per heavy atom. The first-order chi connectivity index (χ1) is 11.7. The Morgan fingerprint density at radius 3 is 2.21 bits per heavy atom. The van der Waals surface area contributed by atoms with E-state index in [2.05, 4.69) is 36.4 Å². The fraction of sp³-hybridized carbons (Fsp3) is 0.455. The van der Waals surface area contributed by atoms with Gasteiger partial charge in [-0.15, -0.1) is 11.3 Å². The number of hydrogen-bond donors (Lipinski definition) is 1. The highest BCUT2D eigenvalue weighted by Crippen LogP contribution is 2.62. The van der Waals surface area contributed by atoms with Gasteiger partial charge in [0.15, 0.2) is 0 Å². The Bertz CT molecular complexity index is 931. The molecule has 0 amide bonds. The van der Waals surface area contributed by atoms with Crippen molar-refractivity contribution in [1.82, 2.24) is 0 Å². The summed E-state index contributed by atoms with van der Waals surface area (Å²) >= 11 is 1.97. The molecule has 4 fully saturated rings. The van der Waals surface area contributed by atoms with Gasteiger partial charge in [-0.25, -0.2) is 0 Å². The lowest BCUT2D eigenvalue weighted by Gasteiger charge is -2.57. The van der Waals surface area contributed by atoms with Gasteiger partial charge < -0.3 is 5.73 Å². The van der Waals surface area contributed by atoms with Crippen LogP contribution < -0.4 is 5.73 Å². The largest absolute Gasteiger partial charge is 0.398 e. The molecule has 1 aromatic heterocycles. The highest BCUT2D eigenvalue weighted by atomic mass is 32.1. The molecule has 0 atom stereocenters. The summed E-state index contributed by atoms with van der Waals surface area (Å²) in [6.45, 7) is 0. The van der Waals surface area contributed by atoms with Crippen molar-refractivity contribution in [3.05, 3.63) is 42.0 Å². The van der Waals surface area contributed by atoms with E-state index in [-0.39, 0.29) is 0 Å². The first kappa shape index (κ1) is 13.7. The Hall–Kier alpha value is -1.54. The molecule has 0 radical (unpaired) electrons. The Morgan fingerprint density at radius 2 is 1.50 bits per heavy atom. The molecule has 2 heteroatoms. The summed E-state index contributed by atoms with van der Waals surface area (Å²) in [4.78, 5) is 0. The molecule has 2 N–H and O–H groups in total. The Labute approximate surface area is 146 Å². The number of anilines is 1. The lowest BCUT2D eigenvalue weighted by atomic mass is 9.48. The monoisotopic (exact) mass is 333 g/mol. The predicted molar refractivity (Wildman–Crippen MR) is 104 cm³/mol. The molecule has 0 spiro atoms. The maximum atomic E-state index is 6.64. The maximum Gasteiger partial charge on any atom is 0.0413 e. The van der Waals surface area contributed by atoms with Gasteiger partial charge in [-0.3, -0.25) is 0 Å². The van der Waals surface area contributed by atoms with Crippen molar-refractivity contribution >= 4 is 37.2 Å². The quantitative estimate of drug-likeness (QED) is 0.535. The molecule has 24 heavy (non-hydrogen) atoms. The highest BCUT2D eigenvalue weighted by molar-refractivity contribution is 7.26. The molecule has 2 aromatic carbocycles. The molecule has 4 aliphatic rings. The smallest absolute Gasteiger partial charge is 0.0413 e. The maximum absolute atomic E-state index is 6.64. The zero-order valence-corrected chi connectivity index (χ0v) is 14.7. The van der Waals surface area contributed by atoms with Gasteiger partial charge in [0.25, 0.3) is 0 Å². The number of rotatable bonds is 1. The van der Waals surface area contributed by atoms with Crippen LogP contribution in [0.4, 0.5) is 5.69 Å². The molecule has 122 valence electrons. The third-order valence-corrected chi connectivity index (χ3v) is 8.35. The van der Waals surface area contributed by atoms with E-state index in [9.17, 15) is 0 Å². The fourth-order valence-electron chi connectivity index (χ4n) is 6.77. The minimum atomic E-state index is 0.374. The fourth-order valence-corrected chi connectivity index (χ4v) is 8.15. The minimum absolute atomic E-state index is 0.374. The second kappa shape index (κ2) is 4.54. The molecule has 1 nitrogen and oxygen atoms in total. The van der Waals surface area contributed by atoms with Gasteiger partial charge in [0.05, 0.1) is 0 Å². The van der Waals surface area contributed by atoms with Crippen LogP contribution in [0.1, 0.15) is 44.1 Å². The second-order valence-electron chi connectivity index (χ2n) is 8.70. The van der Waals surface area contributed by atoms with Crippen molar-refractivity contribution in [3.8, 4) is 0 Å². The van der Waals surface area contributed by atoms with E-state index < -0.39 is 0 Å². The molecule has 0 unspecified atom stereocenters. The van der Waals surface area contributed by atoms with Crippen molar-refractivity contribution in [1.29, 1.82) is 0 Å². The lowest BCUT2D eigenvalue weighted by Crippen LogP contribution is -2.48. The number of thiophene rings is 1. The first-order valence-corrected chi connectivity index (χ1v) is 10.2. The zero-order chi connectivity index (χ0) is 15.9. The summed E-state index contributed by atoms with van der Waals surface area (Å²) in [6.07, 6.45) is 8.62. The van der Waals surface area contributed by atoms with Gasteiger partial charge in [0, 0.05) is 25.9 Å². The molecular formula is C22H23NS. The topological polar surface area (TPSA) is 26.0 Å². The standard InChI is InChI=1S/C22H23NS/c23-18-6-5-17-16-3-1-2-4-19(16)24-21(17)20(18)22-10-13-7-14(11-22)9-15(8-13)12-22/h1-6,13-15H,7-12,23H2. The third kappa shape index (κ3) is 1.70. The van der Waals surface area contributed by atoms with Gasteiger partial charge in [-0.1, -0.05) is 24.3 Å². The molecule has 4 bridgehead atoms. The van der Waals surface area contributed by atoms with Crippen LogP contribution in [0.15, 0.2) is 36.4 Å². The first-order valence-electron chi connectivity index (χ1n) is 9.42. The molecule has 4 saturated carbocycles. The number of nitrogens with two attached hydrogens (primary N) is 1. The van der Waals surface area contributed by atoms with E-state index >= 15 is 0 Å². The van der Waals surface area contributed by atoms with Crippen LogP contribution in [0.25, 0.3) is 20.2 Å². The molecule has 3 aromatic rings. The highest BCUT2D eigenvalue weighted by Gasteiger charge is 2.52. The van der Waals surface area contributed by atoms with E-state index in [1.54, 1.807) is 0 Å². The Balaban J connectivity index is 1.65.